The maximum absolute atomic E-state index is 10.7. The van der Waals surface area contributed by atoms with E-state index in [0.29, 0.717) is 30.3 Å². The van der Waals surface area contributed by atoms with Crippen LogP contribution < -0.4 is 5.32 Å². The van der Waals surface area contributed by atoms with Crippen LogP contribution >= 0.6 is 0 Å². The van der Waals surface area contributed by atoms with Gasteiger partial charge in [-0.05, 0) is 17.9 Å². The van der Waals surface area contributed by atoms with E-state index in [2.05, 4.69) is 24.1 Å². The van der Waals surface area contributed by atoms with Crippen LogP contribution in [-0.4, -0.2) is 30.2 Å². The molecule has 1 aromatic carbocycles. The highest BCUT2D eigenvalue weighted by molar-refractivity contribution is 5.77. The first-order chi connectivity index (χ1) is 9.91. The molecule has 7 nitrogen and oxygen atoms in total. The number of nitro benzene ring substituents is 1. The number of rotatable bonds is 7. The standard InChI is InChI=1S/C14H19N3O4/c1-14(2,6-7-20-3)9-15-13-16-11-8-10(17(18)19)4-5-12(11)21-13/h4-5,8H,6-7,9H2,1-3H3,(H,15,16). The Hall–Kier alpha value is -2.15. The fourth-order valence-electron chi connectivity index (χ4n) is 1.89. The SMILES string of the molecule is COCCC(C)(C)CNc1nc2cc([N+](=O)[O-])ccc2o1. The number of ether oxygens (including phenoxy) is 1. The van der Waals surface area contributed by atoms with E-state index in [-0.39, 0.29) is 11.1 Å². The Morgan fingerprint density at radius 2 is 2.24 bits per heavy atom. The lowest BCUT2D eigenvalue weighted by Gasteiger charge is -2.23. The van der Waals surface area contributed by atoms with Gasteiger partial charge in [-0.25, -0.2) is 0 Å². The quantitative estimate of drug-likeness (QED) is 0.622. The van der Waals surface area contributed by atoms with Crippen molar-refractivity contribution in [3.63, 3.8) is 0 Å². The first kappa shape index (κ1) is 15.2. The van der Waals surface area contributed by atoms with Gasteiger partial charge >= 0.3 is 0 Å². The van der Waals surface area contributed by atoms with Crippen molar-refractivity contribution in [1.29, 1.82) is 0 Å². The van der Waals surface area contributed by atoms with Gasteiger partial charge in [-0.15, -0.1) is 0 Å². The lowest BCUT2D eigenvalue weighted by molar-refractivity contribution is -0.384. The molecule has 1 aromatic heterocycles. The molecule has 0 fully saturated rings. The van der Waals surface area contributed by atoms with E-state index in [1.54, 1.807) is 13.2 Å². The van der Waals surface area contributed by atoms with Gasteiger partial charge in [0.05, 0.1) is 4.92 Å². The molecule has 0 spiro atoms. The van der Waals surface area contributed by atoms with Crippen LogP contribution in [0.3, 0.4) is 0 Å². The van der Waals surface area contributed by atoms with Gasteiger partial charge < -0.3 is 14.5 Å². The zero-order chi connectivity index (χ0) is 15.5. The zero-order valence-electron chi connectivity index (χ0n) is 12.4. The van der Waals surface area contributed by atoms with Gasteiger partial charge in [0.1, 0.15) is 5.52 Å². The Balaban J connectivity index is 2.07. The van der Waals surface area contributed by atoms with E-state index in [9.17, 15) is 10.1 Å². The van der Waals surface area contributed by atoms with E-state index in [0.717, 1.165) is 6.42 Å². The Morgan fingerprint density at radius 3 is 2.90 bits per heavy atom. The summed E-state index contributed by atoms with van der Waals surface area (Å²) in [4.78, 5) is 14.5. The fraction of sp³-hybridized carbons (Fsp3) is 0.500. The number of benzene rings is 1. The van der Waals surface area contributed by atoms with Gasteiger partial charge in [0.25, 0.3) is 11.7 Å². The molecule has 2 aromatic rings. The predicted octanol–water partition coefficient (Wildman–Crippen LogP) is 3.21. The fourth-order valence-corrected chi connectivity index (χ4v) is 1.89. The minimum atomic E-state index is -0.449. The van der Waals surface area contributed by atoms with Crippen molar-refractivity contribution in [2.24, 2.45) is 5.41 Å². The molecule has 114 valence electrons. The molecule has 21 heavy (non-hydrogen) atoms. The predicted molar refractivity (Wildman–Crippen MR) is 79.4 cm³/mol. The van der Waals surface area contributed by atoms with Gasteiger partial charge in [0.15, 0.2) is 5.58 Å². The molecule has 0 saturated carbocycles. The maximum Gasteiger partial charge on any atom is 0.295 e. The topological polar surface area (TPSA) is 90.4 Å². The molecule has 2 rings (SSSR count). The third-order valence-electron chi connectivity index (χ3n) is 3.28. The molecule has 1 heterocycles. The monoisotopic (exact) mass is 293 g/mol. The van der Waals surface area contributed by atoms with Crippen LogP contribution in [0.25, 0.3) is 11.1 Å². The van der Waals surface area contributed by atoms with Gasteiger partial charge in [0.2, 0.25) is 0 Å². The number of hydrogen-bond acceptors (Lipinski definition) is 6. The van der Waals surface area contributed by atoms with Crippen molar-refractivity contribution >= 4 is 22.8 Å². The molecule has 0 atom stereocenters. The minimum absolute atomic E-state index is 0.00257. The van der Waals surface area contributed by atoms with E-state index < -0.39 is 4.92 Å². The number of aromatic nitrogens is 1. The van der Waals surface area contributed by atoms with Crippen molar-refractivity contribution in [1.82, 2.24) is 4.98 Å². The average molecular weight is 293 g/mol. The second-order valence-corrected chi connectivity index (χ2v) is 5.69. The summed E-state index contributed by atoms with van der Waals surface area (Å²) >= 11 is 0. The Kier molecular flexibility index (Phi) is 4.42. The molecule has 0 saturated heterocycles. The summed E-state index contributed by atoms with van der Waals surface area (Å²) in [5, 5.41) is 13.9. The summed E-state index contributed by atoms with van der Waals surface area (Å²) in [6.45, 7) is 5.60. The van der Waals surface area contributed by atoms with Crippen LogP contribution in [0.1, 0.15) is 20.3 Å². The van der Waals surface area contributed by atoms with Crippen molar-refractivity contribution in [2.75, 3.05) is 25.6 Å². The molecule has 0 aliphatic heterocycles. The van der Waals surface area contributed by atoms with E-state index in [4.69, 9.17) is 9.15 Å². The lowest BCUT2D eigenvalue weighted by atomic mass is 9.90. The molecule has 0 unspecified atom stereocenters. The molecule has 0 aliphatic carbocycles. The second kappa shape index (κ2) is 6.09. The Morgan fingerprint density at radius 1 is 1.48 bits per heavy atom. The summed E-state index contributed by atoms with van der Waals surface area (Å²) in [6, 6.07) is 4.73. The molecular weight excluding hydrogens is 274 g/mol. The van der Waals surface area contributed by atoms with Gasteiger partial charge in [-0.2, -0.15) is 4.98 Å². The summed E-state index contributed by atoms with van der Waals surface area (Å²) < 4.78 is 10.6. The number of nitrogens with zero attached hydrogens (tertiary/aromatic N) is 2. The van der Waals surface area contributed by atoms with Crippen LogP contribution in [0.15, 0.2) is 22.6 Å². The molecule has 0 amide bonds. The molecule has 0 radical (unpaired) electrons. The van der Waals surface area contributed by atoms with Crippen LogP contribution in [0.2, 0.25) is 0 Å². The van der Waals surface area contributed by atoms with Gasteiger partial charge in [-0.1, -0.05) is 13.8 Å². The number of hydrogen-bond donors (Lipinski definition) is 1. The highest BCUT2D eigenvalue weighted by atomic mass is 16.6. The highest BCUT2D eigenvalue weighted by Crippen LogP contribution is 2.25. The summed E-state index contributed by atoms with van der Waals surface area (Å²) in [6.07, 6.45) is 0.905. The second-order valence-electron chi connectivity index (χ2n) is 5.69. The van der Waals surface area contributed by atoms with Crippen molar-refractivity contribution < 1.29 is 14.1 Å². The third kappa shape index (κ3) is 3.91. The minimum Gasteiger partial charge on any atom is -0.424 e. The van der Waals surface area contributed by atoms with Crippen molar-refractivity contribution in [3.8, 4) is 0 Å². The van der Waals surface area contributed by atoms with E-state index in [1.165, 1.54) is 12.1 Å². The smallest absolute Gasteiger partial charge is 0.295 e. The number of nitro groups is 1. The number of anilines is 1. The van der Waals surface area contributed by atoms with Gasteiger partial charge in [0, 0.05) is 32.4 Å². The summed E-state index contributed by atoms with van der Waals surface area (Å²) in [5.41, 5.74) is 1.03. The number of methoxy groups -OCH3 is 1. The Bertz CT molecular complexity index is 636. The molecule has 7 heteroatoms. The molecule has 0 aliphatic rings. The number of fused-ring (bicyclic) bond motifs is 1. The van der Waals surface area contributed by atoms with Crippen LogP contribution in [-0.2, 0) is 4.74 Å². The van der Waals surface area contributed by atoms with Crippen molar-refractivity contribution in [3.05, 3.63) is 28.3 Å². The largest absolute Gasteiger partial charge is 0.424 e. The van der Waals surface area contributed by atoms with E-state index >= 15 is 0 Å². The van der Waals surface area contributed by atoms with E-state index in [1.807, 2.05) is 0 Å². The summed E-state index contributed by atoms with van der Waals surface area (Å²) in [5.74, 6) is 0. The lowest BCUT2D eigenvalue weighted by Crippen LogP contribution is -2.24. The number of non-ortho nitro benzene ring substituents is 1. The summed E-state index contributed by atoms with van der Waals surface area (Å²) in [7, 11) is 1.68. The van der Waals surface area contributed by atoms with Crippen LogP contribution in [0.5, 0.6) is 0 Å². The number of oxazole rings is 1. The third-order valence-corrected chi connectivity index (χ3v) is 3.28. The molecule has 0 bridgehead atoms. The molecule has 1 N–H and O–H groups in total. The maximum atomic E-state index is 10.7. The van der Waals surface area contributed by atoms with Crippen molar-refractivity contribution in [2.45, 2.75) is 20.3 Å². The highest BCUT2D eigenvalue weighted by Gasteiger charge is 2.19. The van der Waals surface area contributed by atoms with Crippen LogP contribution in [0.4, 0.5) is 11.7 Å². The first-order valence-electron chi connectivity index (χ1n) is 6.69. The molecular formula is C14H19N3O4. The van der Waals surface area contributed by atoms with Gasteiger partial charge in [-0.3, -0.25) is 10.1 Å². The first-order valence-corrected chi connectivity index (χ1v) is 6.69. The number of nitrogens with one attached hydrogen (secondary N) is 1. The average Bonchev–Trinajstić information content (AvgIpc) is 2.85. The zero-order valence-corrected chi connectivity index (χ0v) is 12.4. The van der Waals surface area contributed by atoms with Crippen LogP contribution in [0, 0.1) is 15.5 Å². The normalized spacial score (nSPS) is 11.8. The Labute approximate surface area is 122 Å².